The highest BCUT2D eigenvalue weighted by atomic mass is 35.5. The van der Waals surface area contributed by atoms with Gasteiger partial charge in [-0.2, -0.15) is 0 Å². The summed E-state index contributed by atoms with van der Waals surface area (Å²) in [6, 6.07) is 18.2. The number of hydrogen-bond donors (Lipinski definition) is 1. The number of carbonyl (C=O) groups is 1. The van der Waals surface area contributed by atoms with Crippen LogP contribution in [0, 0.1) is 5.41 Å². The van der Waals surface area contributed by atoms with Gasteiger partial charge in [-0.3, -0.25) is 4.79 Å². The minimum atomic E-state index is -0.809. The van der Waals surface area contributed by atoms with Gasteiger partial charge in [0.2, 0.25) is 5.91 Å². The lowest BCUT2D eigenvalue weighted by Crippen LogP contribution is -2.48. The molecule has 2 aliphatic carbocycles. The summed E-state index contributed by atoms with van der Waals surface area (Å²) >= 11 is 12.6. The normalized spacial score (nSPS) is 23.4. The van der Waals surface area contributed by atoms with Crippen LogP contribution < -0.4 is 5.32 Å². The van der Waals surface area contributed by atoms with E-state index in [0.717, 1.165) is 40.9 Å². The summed E-state index contributed by atoms with van der Waals surface area (Å²) < 4.78 is 2.31. The number of nitrogens with one attached hydrogen (secondary N) is 1. The van der Waals surface area contributed by atoms with E-state index in [4.69, 9.17) is 33.2 Å². The second kappa shape index (κ2) is 7.71. The molecule has 1 amide bonds. The van der Waals surface area contributed by atoms with Crippen LogP contribution in [0.3, 0.4) is 0 Å². The molecule has 2 bridgehead atoms. The average Bonchev–Trinajstić information content (AvgIpc) is 3.37. The van der Waals surface area contributed by atoms with E-state index < -0.39 is 5.41 Å². The molecule has 5 nitrogen and oxygen atoms in total. The molecule has 0 radical (unpaired) electrons. The summed E-state index contributed by atoms with van der Waals surface area (Å²) in [6.07, 6.45) is 1.58. The highest BCUT2D eigenvalue weighted by Gasteiger charge is 2.73. The first-order valence-electron chi connectivity index (χ1n) is 13.1. The highest BCUT2D eigenvalue weighted by Crippen LogP contribution is 2.70. The van der Waals surface area contributed by atoms with Crippen LogP contribution in [0.15, 0.2) is 54.6 Å². The Morgan fingerprint density at radius 2 is 1.55 bits per heavy atom. The van der Waals surface area contributed by atoms with Gasteiger partial charge in [0.15, 0.2) is 0 Å². The Balaban J connectivity index is 1.37. The maximum atomic E-state index is 14.4. The zero-order valence-electron chi connectivity index (χ0n) is 21.8. The lowest BCUT2D eigenvalue weighted by atomic mass is 9.63. The number of benzene rings is 3. The Kier molecular flexibility index (Phi) is 4.85. The van der Waals surface area contributed by atoms with E-state index >= 15 is 0 Å². The van der Waals surface area contributed by atoms with Crippen molar-refractivity contribution < 1.29 is 4.79 Å². The quantitative estimate of drug-likeness (QED) is 0.251. The fraction of sp³-hybridized carbons (Fsp3) is 0.323. The van der Waals surface area contributed by atoms with Crippen molar-refractivity contribution in [2.75, 3.05) is 5.32 Å². The van der Waals surface area contributed by atoms with Gasteiger partial charge < -0.3 is 9.88 Å². The van der Waals surface area contributed by atoms with Crippen LogP contribution in [0.25, 0.3) is 32.8 Å². The number of amides is 1. The van der Waals surface area contributed by atoms with Crippen LogP contribution in [0.5, 0.6) is 0 Å². The second-order valence-electron chi connectivity index (χ2n) is 11.5. The first kappa shape index (κ1) is 23.9. The minimum absolute atomic E-state index is 0.0303. The van der Waals surface area contributed by atoms with E-state index in [0.29, 0.717) is 27.5 Å². The maximum Gasteiger partial charge on any atom is 0.237 e. The van der Waals surface area contributed by atoms with Crippen LogP contribution in [0.1, 0.15) is 51.9 Å². The van der Waals surface area contributed by atoms with E-state index in [9.17, 15) is 4.79 Å². The summed E-state index contributed by atoms with van der Waals surface area (Å²) in [5.74, 6) is -0.0303. The fourth-order valence-electron chi connectivity index (χ4n) is 7.31. The SMILES string of the molecule is CCn1c2ccccc2c2cc(NC(=O)C34CCC(C)(c5nc6cc(Cl)c(Cl)cc6nc53)C4(C)C)ccc21. The van der Waals surface area contributed by atoms with Crippen molar-refractivity contribution in [2.24, 2.45) is 5.41 Å². The number of aromatic nitrogens is 3. The molecule has 5 aromatic rings. The van der Waals surface area contributed by atoms with Crippen molar-refractivity contribution in [1.82, 2.24) is 14.5 Å². The van der Waals surface area contributed by atoms with Gasteiger partial charge in [-0.15, -0.1) is 0 Å². The van der Waals surface area contributed by atoms with Gasteiger partial charge in [0.05, 0.1) is 37.9 Å². The predicted molar refractivity (Wildman–Crippen MR) is 155 cm³/mol. The number of nitrogens with zero attached hydrogens (tertiary/aromatic N) is 3. The van der Waals surface area contributed by atoms with Crippen LogP contribution >= 0.6 is 23.2 Å². The summed E-state index contributed by atoms with van der Waals surface area (Å²) in [5, 5.41) is 6.51. The number of para-hydroxylation sites is 1. The molecule has 7 rings (SSSR count). The Hall–Kier alpha value is -3.15. The molecule has 2 aromatic heterocycles. The van der Waals surface area contributed by atoms with Gasteiger partial charge >= 0.3 is 0 Å². The molecule has 7 heteroatoms. The molecule has 2 aliphatic rings. The number of carbonyl (C=O) groups excluding carboxylic acids is 1. The summed E-state index contributed by atoms with van der Waals surface area (Å²) in [4.78, 5) is 24.5. The number of halogens is 2. The molecular weight excluding hydrogens is 515 g/mol. The molecule has 192 valence electrons. The van der Waals surface area contributed by atoms with Crippen molar-refractivity contribution in [2.45, 2.75) is 57.9 Å². The third kappa shape index (κ3) is 2.76. The molecule has 1 fully saturated rings. The molecule has 3 aromatic carbocycles. The molecular formula is C31H28Cl2N4O. The standard InChI is InChI=1S/C31H28Cl2N4O/c1-5-37-24-9-7-6-8-18(24)19-14-17(10-11-25(19)37)34-28(38)31-13-12-30(4,29(31,2)3)26-27(31)36-23-16-21(33)20(32)15-22(23)35-26/h6-11,14-16H,5,12-13H2,1-4H3,(H,34,38). The van der Waals surface area contributed by atoms with Crippen LogP contribution in [0.2, 0.25) is 10.0 Å². The predicted octanol–water partition coefficient (Wildman–Crippen LogP) is 8.03. The largest absolute Gasteiger partial charge is 0.341 e. The smallest absolute Gasteiger partial charge is 0.237 e. The monoisotopic (exact) mass is 542 g/mol. The van der Waals surface area contributed by atoms with Crippen molar-refractivity contribution in [1.29, 1.82) is 0 Å². The maximum absolute atomic E-state index is 14.4. The van der Waals surface area contributed by atoms with E-state index in [2.05, 4.69) is 74.0 Å². The topological polar surface area (TPSA) is 59.8 Å². The van der Waals surface area contributed by atoms with Crippen LogP contribution in [0.4, 0.5) is 5.69 Å². The molecule has 0 saturated heterocycles. The lowest BCUT2D eigenvalue weighted by molar-refractivity contribution is -0.125. The Morgan fingerprint density at radius 3 is 2.26 bits per heavy atom. The summed E-state index contributed by atoms with van der Waals surface area (Å²) in [5.41, 5.74) is 4.70. The first-order chi connectivity index (χ1) is 18.1. The Morgan fingerprint density at radius 1 is 0.895 bits per heavy atom. The van der Waals surface area contributed by atoms with Crippen molar-refractivity contribution in [3.05, 3.63) is 76.0 Å². The highest BCUT2D eigenvalue weighted by molar-refractivity contribution is 6.42. The van der Waals surface area contributed by atoms with E-state index in [1.54, 1.807) is 12.1 Å². The number of rotatable bonds is 3. The van der Waals surface area contributed by atoms with Gasteiger partial charge in [-0.25, -0.2) is 9.97 Å². The molecule has 38 heavy (non-hydrogen) atoms. The van der Waals surface area contributed by atoms with Crippen LogP contribution in [-0.2, 0) is 22.2 Å². The molecule has 0 aliphatic heterocycles. The molecule has 1 N–H and O–H groups in total. The van der Waals surface area contributed by atoms with E-state index in [-0.39, 0.29) is 16.7 Å². The third-order valence-corrected chi connectivity index (χ3v) is 10.5. The van der Waals surface area contributed by atoms with Gasteiger partial charge in [0, 0.05) is 39.5 Å². The Bertz CT molecular complexity index is 1840. The zero-order valence-corrected chi connectivity index (χ0v) is 23.3. The molecule has 2 unspecified atom stereocenters. The van der Waals surface area contributed by atoms with Gasteiger partial charge in [-0.1, -0.05) is 62.2 Å². The third-order valence-electron chi connectivity index (χ3n) is 9.81. The summed E-state index contributed by atoms with van der Waals surface area (Å²) in [6.45, 7) is 9.63. The minimum Gasteiger partial charge on any atom is -0.341 e. The second-order valence-corrected chi connectivity index (χ2v) is 12.3. The Labute approximate surface area is 231 Å². The molecule has 1 saturated carbocycles. The van der Waals surface area contributed by atoms with Gasteiger partial charge in [-0.05, 0) is 61.6 Å². The molecule has 0 spiro atoms. The summed E-state index contributed by atoms with van der Waals surface area (Å²) in [7, 11) is 0. The first-order valence-corrected chi connectivity index (χ1v) is 13.9. The van der Waals surface area contributed by atoms with Gasteiger partial charge in [0.1, 0.15) is 0 Å². The zero-order chi connectivity index (χ0) is 26.6. The van der Waals surface area contributed by atoms with E-state index in [1.165, 1.54) is 10.9 Å². The number of fused-ring (bicyclic) bond motifs is 9. The van der Waals surface area contributed by atoms with Gasteiger partial charge in [0.25, 0.3) is 0 Å². The number of hydrogen-bond acceptors (Lipinski definition) is 3. The van der Waals surface area contributed by atoms with E-state index in [1.807, 2.05) is 6.07 Å². The average molecular weight is 543 g/mol. The molecule has 2 heterocycles. The van der Waals surface area contributed by atoms with Crippen molar-refractivity contribution in [3.8, 4) is 0 Å². The van der Waals surface area contributed by atoms with Crippen molar-refractivity contribution >= 4 is 67.6 Å². The fourth-order valence-corrected chi connectivity index (χ4v) is 7.63. The lowest BCUT2D eigenvalue weighted by Gasteiger charge is -2.39. The van der Waals surface area contributed by atoms with Crippen LogP contribution in [-0.4, -0.2) is 20.4 Å². The molecule has 2 atom stereocenters. The van der Waals surface area contributed by atoms with Crippen molar-refractivity contribution in [3.63, 3.8) is 0 Å². The number of anilines is 1. The number of aryl methyl sites for hydroxylation is 1.